The number of aryl methyl sites for hydroxylation is 2. The van der Waals surface area contributed by atoms with Crippen LogP contribution in [0.2, 0.25) is 0 Å². The summed E-state index contributed by atoms with van der Waals surface area (Å²) in [4.78, 5) is 12.5. The third-order valence-corrected chi connectivity index (χ3v) is 5.16. The van der Waals surface area contributed by atoms with Gasteiger partial charge in [-0.3, -0.25) is 9.48 Å². The molecule has 0 unspecified atom stereocenters. The van der Waals surface area contributed by atoms with E-state index in [4.69, 9.17) is 4.74 Å². The molecule has 1 amide bonds. The maximum Gasteiger partial charge on any atom is 0.421 e. The van der Waals surface area contributed by atoms with Gasteiger partial charge in [0, 0.05) is 24.7 Å². The lowest BCUT2D eigenvalue weighted by Gasteiger charge is -2.14. The SMILES string of the molecule is COc1c(NC(=O)c2c(F)cc(F)cc2F)cccc1-c1cn(-c2c(C(F)(F)F)c(C)nn2C)nn1. The van der Waals surface area contributed by atoms with Crippen LogP contribution >= 0.6 is 0 Å². The number of anilines is 1. The Morgan fingerprint density at radius 2 is 1.78 bits per heavy atom. The molecule has 4 rings (SSSR count). The number of hydrogen-bond donors (Lipinski definition) is 1. The van der Waals surface area contributed by atoms with Crippen LogP contribution in [0.15, 0.2) is 36.5 Å². The van der Waals surface area contributed by atoms with Crippen LogP contribution in [0.4, 0.5) is 32.0 Å². The van der Waals surface area contributed by atoms with Crippen molar-refractivity contribution in [3.05, 3.63) is 70.8 Å². The Hall–Kier alpha value is -4.36. The Morgan fingerprint density at radius 1 is 1.11 bits per heavy atom. The van der Waals surface area contributed by atoms with Gasteiger partial charge in [0.15, 0.2) is 11.6 Å². The number of ether oxygens (including phenoxy) is 1. The molecule has 188 valence electrons. The van der Waals surface area contributed by atoms with E-state index < -0.39 is 40.7 Å². The van der Waals surface area contributed by atoms with Gasteiger partial charge in [-0.05, 0) is 19.1 Å². The number of halogens is 6. The number of carbonyl (C=O) groups is 1. The van der Waals surface area contributed by atoms with Crippen molar-refractivity contribution in [1.82, 2.24) is 24.8 Å². The number of benzene rings is 2. The van der Waals surface area contributed by atoms with E-state index in [1.807, 2.05) is 0 Å². The van der Waals surface area contributed by atoms with Gasteiger partial charge in [0.2, 0.25) is 0 Å². The summed E-state index contributed by atoms with van der Waals surface area (Å²) in [6.07, 6.45) is -3.50. The van der Waals surface area contributed by atoms with Gasteiger partial charge in [-0.15, -0.1) is 5.10 Å². The highest BCUT2D eigenvalue weighted by atomic mass is 19.4. The van der Waals surface area contributed by atoms with Gasteiger partial charge < -0.3 is 10.1 Å². The zero-order valence-electron chi connectivity index (χ0n) is 18.8. The zero-order valence-corrected chi connectivity index (χ0v) is 18.8. The van der Waals surface area contributed by atoms with Crippen LogP contribution in [-0.4, -0.2) is 37.8 Å². The van der Waals surface area contributed by atoms with Crippen molar-refractivity contribution < 1.29 is 35.9 Å². The Labute approximate surface area is 199 Å². The van der Waals surface area contributed by atoms with Crippen LogP contribution < -0.4 is 10.1 Å². The molecule has 36 heavy (non-hydrogen) atoms. The van der Waals surface area contributed by atoms with E-state index in [1.165, 1.54) is 45.5 Å². The quantitative estimate of drug-likeness (QED) is 0.395. The first kappa shape index (κ1) is 24.8. The summed E-state index contributed by atoms with van der Waals surface area (Å²) in [5.41, 5.74) is -2.02. The standard InChI is InChI=1S/C22H16F6N6O2/c1-10-18(22(26,27)28)21(33(2)31-10)34-9-16(30-32-34)12-5-4-6-15(19(12)36-3)29-20(35)17-13(24)7-11(23)8-14(17)25/h4-9H,1-3H3,(H,29,35). The van der Waals surface area contributed by atoms with E-state index in [-0.39, 0.29) is 34.2 Å². The Bertz CT molecular complexity index is 1450. The summed E-state index contributed by atoms with van der Waals surface area (Å²) < 4.78 is 89.3. The van der Waals surface area contributed by atoms with Crippen LogP contribution in [0.5, 0.6) is 5.75 Å². The van der Waals surface area contributed by atoms with E-state index in [0.717, 1.165) is 9.36 Å². The number of nitrogens with zero attached hydrogens (tertiary/aromatic N) is 5. The lowest BCUT2D eigenvalue weighted by Crippen LogP contribution is -2.17. The smallest absolute Gasteiger partial charge is 0.421 e. The molecule has 0 fully saturated rings. The predicted molar refractivity (Wildman–Crippen MR) is 114 cm³/mol. The average molecular weight is 510 g/mol. The molecule has 1 N–H and O–H groups in total. The summed E-state index contributed by atoms with van der Waals surface area (Å²) in [6.45, 7) is 1.21. The number of amides is 1. The first-order chi connectivity index (χ1) is 16.9. The maximum absolute atomic E-state index is 14.0. The van der Waals surface area contributed by atoms with Gasteiger partial charge in [-0.1, -0.05) is 11.3 Å². The summed E-state index contributed by atoms with van der Waals surface area (Å²) in [6, 6.07) is 5.01. The van der Waals surface area contributed by atoms with Crippen molar-refractivity contribution in [2.24, 2.45) is 7.05 Å². The summed E-state index contributed by atoms with van der Waals surface area (Å²) in [7, 11) is 2.56. The van der Waals surface area contributed by atoms with Gasteiger partial charge in [0.05, 0.1) is 24.7 Å². The minimum absolute atomic E-state index is 0.0157. The fraction of sp³-hybridized carbons (Fsp3) is 0.182. The Kier molecular flexibility index (Phi) is 6.20. The van der Waals surface area contributed by atoms with Crippen molar-refractivity contribution >= 4 is 11.6 Å². The summed E-state index contributed by atoms with van der Waals surface area (Å²) in [5.74, 6) is -5.61. The second-order valence-electron chi connectivity index (χ2n) is 7.54. The number of para-hydroxylation sites is 1. The molecule has 0 aliphatic rings. The van der Waals surface area contributed by atoms with Gasteiger partial charge >= 0.3 is 6.18 Å². The highest BCUT2D eigenvalue weighted by Gasteiger charge is 2.39. The fourth-order valence-electron chi connectivity index (χ4n) is 3.73. The van der Waals surface area contributed by atoms with Gasteiger partial charge in [0.1, 0.15) is 34.3 Å². The van der Waals surface area contributed by atoms with Crippen molar-refractivity contribution in [1.29, 1.82) is 0 Å². The summed E-state index contributed by atoms with van der Waals surface area (Å²) in [5, 5.41) is 13.8. The molecule has 0 atom stereocenters. The highest BCUT2D eigenvalue weighted by molar-refractivity contribution is 6.06. The average Bonchev–Trinajstić information content (AvgIpc) is 3.36. The molecule has 0 radical (unpaired) electrons. The fourth-order valence-corrected chi connectivity index (χ4v) is 3.73. The lowest BCUT2D eigenvalue weighted by molar-refractivity contribution is -0.138. The van der Waals surface area contributed by atoms with Gasteiger partial charge in [0.25, 0.3) is 5.91 Å². The number of aromatic nitrogens is 5. The van der Waals surface area contributed by atoms with E-state index in [9.17, 15) is 31.1 Å². The molecule has 0 aliphatic carbocycles. The molecule has 2 aromatic heterocycles. The lowest BCUT2D eigenvalue weighted by atomic mass is 10.1. The third-order valence-electron chi connectivity index (χ3n) is 5.16. The molecule has 8 nitrogen and oxygen atoms in total. The van der Waals surface area contributed by atoms with Crippen molar-refractivity contribution in [2.45, 2.75) is 13.1 Å². The minimum Gasteiger partial charge on any atom is -0.494 e. The first-order valence-corrected chi connectivity index (χ1v) is 10.1. The van der Waals surface area contributed by atoms with E-state index >= 15 is 0 Å². The monoisotopic (exact) mass is 510 g/mol. The number of nitrogens with one attached hydrogen (secondary N) is 1. The first-order valence-electron chi connectivity index (χ1n) is 10.1. The molecule has 14 heteroatoms. The molecule has 0 bridgehead atoms. The van der Waals surface area contributed by atoms with Crippen molar-refractivity contribution in [3.8, 4) is 22.8 Å². The molecule has 0 aliphatic heterocycles. The number of rotatable bonds is 5. The van der Waals surface area contributed by atoms with Crippen LogP contribution in [0.1, 0.15) is 21.6 Å². The van der Waals surface area contributed by atoms with Crippen LogP contribution in [-0.2, 0) is 13.2 Å². The Morgan fingerprint density at radius 3 is 2.39 bits per heavy atom. The van der Waals surface area contributed by atoms with E-state index in [0.29, 0.717) is 12.1 Å². The number of hydrogen-bond acceptors (Lipinski definition) is 5. The zero-order chi connectivity index (χ0) is 26.4. The minimum atomic E-state index is -4.70. The number of carbonyl (C=O) groups excluding carboxylic acids is 1. The summed E-state index contributed by atoms with van der Waals surface area (Å²) >= 11 is 0. The topological polar surface area (TPSA) is 86.9 Å². The normalized spacial score (nSPS) is 11.6. The van der Waals surface area contributed by atoms with Crippen LogP contribution in [0.3, 0.4) is 0 Å². The van der Waals surface area contributed by atoms with Crippen LogP contribution in [0, 0.1) is 24.4 Å². The molecular formula is C22H16F6N6O2. The van der Waals surface area contributed by atoms with Crippen molar-refractivity contribution in [3.63, 3.8) is 0 Å². The largest absolute Gasteiger partial charge is 0.494 e. The predicted octanol–water partition coefficient (Wildman–Crippen LogP) is 4.67. The van der Waals surface area contributed by atoms with Gasteiger partial charge in [-0.25, -0.2) is 17.9 Å². The second kappa shape index (κ2) is 9.02. The highest BCUT2D eigenvalue weighted by Crippen LogP contribution is 2.38. The molecule has 0 spiro atoms. The third kappa shape index (κ3) is 4.36. The van der Waals surface area contributed by atoms with E-state index in [1.54, 1.807) is 0 Å². The van der Waals surface area contributed by atoms with Crippen molar-refractivity contribution in [2.75, 3.05) is 12.4 Å². The molecule has 2 heterocycles. The molecular weight excluding hydrogens is 494 g/mol. The van der Waals surface area contributed by atoms with Crippen LogP contribution in [0.25, 0.3) is 17.1 Å². The molecule has 2 aromatic carbocycles. The molecule has 4 aromatic rings. The molecule has 0 saturated heterocycles. The number of methoxy groups -OCH3 is 1. The molecule has 0 saturated carbocycles. The Balaban J connectivity index is 1.73. The number of alkyl halides is 3. The van der Waals surface area contributed by atoms with Gasteiger partial charge in [-0.2, -0.15) is 18.3 Å². The maximum atomic E-state index is 14.0. The second-order valence-corrected chi connectivity index (χ2v) is 7.54. The van der Waals surface area contributed by atoms with E-state index in [2.05, 4.69) is 20.7 Å².